The average molecular weight is 246 g/mol. The summed E-state index contributed by atoms with van der Waals surface area (Å²) in [6.45, 7) is 1.96. The lowest BCUT2D eigenvalue weighted by molar-refractivity contribution is 0.952. The standard InChI is InChI=1S/C7H5BrClN3/c1-4-2-5(8)6(9)12-7(4)10-3-11-12/h2-3H,1H3. The van der Waals surface area contributed by atoms with E-state index in [1.165, 1.54) is 6.33 Å². The van der Waals surface area contributed by atoms with Gasteiger partial charge >= 0.3 is 0 Å². The van der Waals surface area contributed by atoms with Gasteiger partial charge in [0.1, 0.15) is 11.5 Å². The lowest BCUT2D eigenvalue weighted by Crippen LogP contribution is -1.92. The maximum absolute atomic E-state index is 5.95. The number of aromatic nitrogens is 3. The van der Waals surface area contributed by atoms with E-state index in [0.717, 1.165) is 15.7 Å². The fraction of sp³-hybridized carbons (Fsp3) is 0.143. The molecule has 0 bridgehead atoms. The summed E-state index contributed by atoms with van der Waals surface area (Å²) in [5, 5.41) is 4.53. The molecule has 0 atom stereocenters. The van der Waals surface area contributed by atoms with Crippen LogP contribution in [0.3, 0.4) is 0 Å². The molecule has 3 nitrogen and oxygen atoms in total. The number of fused-ring (bicyclic) bond motifs is 1. The molecule has 0 saturated heterocycles. The quantitative estimate of drug-likeness (QED) is 0.669. The van der Waals surface area contributed by atoms with E-state index < -0.39 is 0 Å². The Bertz CT molecular complexity index is 437. The van der Waals surface area contributed by atoms with Crippen LogP contribution in [0.4, 0.5) is 0 Å². The summed E-state index contributed by atoms with van der Waals surface area (Å²) in [7, 11) is 0. The van der Waals surface area contributed by atoms with Crippen LogP contribution in [0.1, 0.15) is 5.56 Å². The van der Waals surface area contributed by atoms with Crippen LogP contribution in [0, 0.1) is 6.92 Å². The van der Waals surface area contributed by atoms with Crippen molar-refractivity contribution in [1.82, 2.24) is 14.6 Å². The number of pyridine rings is 1. The predicted molar refractivity (Wildman–Crippen MR) is 50.4 cm³/mol. The van der Waals surface area contributed by atoms with Crippen molar-refractivity contribution in [1.29, 1.82) is 0 Å². The molecule has 0 aromatic carbocycles. The molecule has 0 radical (unpaired) electrons. The molecule has 0 N–H and O–H groups in total. The number of hydrogen-bond acceptors (Lipinski definition) is 2. The molecule has 0 saturated carbocycles. The van der Waals surface area contributed by atoms with E-state index in [1.807, 2.05) is 13.0 Å². The van der Waals surface area contributed by atoms with Gasteiger partial charge in [0, 0.05) is 0 Å². The van der Waals surface area contributed by atoms with Gasteiger partial charge in [-0.25, -0.2) is 9.50 Å². The van der Waals surface area contributed by atoms with Crippen LogP contribution in [-0.2, 0) is 0 Å². The normalized spacial score (nSPS) is 10.9. The largest absolute Gasteiger partial charge is 0.215 e. The Kier molecular flexibility index (Phi) is 1.81. The second-order valence-corrected chi connectivity index (χ2v) is 3.67. The minimum Gasteiger partial charge on any atom is -0.215 e. The highest BCUT2D eigenvalue weighted by atomic mass is 79.9. The molecule has 2 aromatic rings. The molecule has 0 amide bonds. The first kappa shape index (κ1) is 8.01. The van der Waals surface area contributed by atoms with E-state index in [0.29, 0.717) is 5.15 Å². The Balaban J connectivity index is 2.97. The molecule has 5 heteroatoms. The second kappa shape index (κ2) is 2.71. The molecule has 2 rings (SSSR count). The molecule has 0 aliphatic rings. The van der Waals surface area contributed by atoms with E-state index in [2.05, 4.69) is 26.0 Å². The van der Waals surface area contributed by atoms with E-state index in [-0.39, 0.29) is 0 Å². The van der Waals surface area contributed by atoms with E-state index in [1.54, 1.807) is 4.52 Å². The zero-order valence-corrected chi connectivity index (χ0v) is 8.59. The van der Waals surface area contributed by atoms with Crippen molar-refractivity contribution < 1.29 is 0 Å². The molecule has 2 aromatic heterocycles. The van der Waals surface area contributed by atoms with Crippen molar-refractivity contribution in [2.45, 2.75) is 6.92 Å². The van der Waals surface area contributed by atoms with Crippen LogP contribution in [-0.4, -0.2) is 14.6 Å². The van der Waals surface area contributed by atoms with Crippen molar-refractivity contribution in [2.75, 3.05) is 0 Å². The topological polar surface area (TPSA) is 30.2 Å². The SMILES string of the molecule is Cc1cc(Br)c(Cl)n2ncnc12. The number of halogens is 2. The van der Waals surface area contributed by atoms with Gasteiger partial charge in [-0.05, 0) is 34.5 Å². The van der Waals surface area contributed by atoms with Gasteiger partial charge < -0.3 is 0 Å². The van der Waals surface area contributed by atoms with Crippen LogP contribution >= 0.6 is 27.5 Å². The Labute approximate surface area is 82.5 Å². The first-order valence-corrected chi connectivity index (χ1v) is 4.51. The fourth-order valence-corrected chi connectivity index (χ4v) is 1.76. The summed E-state index contributed by atoms with van der Waals surface area (Å²) < 4.78 is 2.43. The van der Waals surface area contributed by atoms with Gasteiger partial charge in [0.2, 0.25) is 0 Å². The van der Waals surface area contributed by atoms with Gasteiger partial charge in [-0.2, -0.15) is 5.10 Å². The molecular formula is C7H5BrClN3. The predicted octanol–water partition coefficient (Wildman–Crippen LogP) is 2.45. The van der Waals surface area contributed by atoms with Crippen LogP contribution in [0.2, 0.25) is 5.15 Å². The van der Waals surface area contributed by atoms with Crippen LogP contribution in [0.5, 0.6) is 0 Å². The Morgan fingerprint density at radius 3 is 3.08 bits per heavy atom. The lowest BCUT2D eigenvalue weighted by atomic mass is 10.3. The fourth-order valence-electron chi connectivity index (χ4n) is 1.07. The summed E-state index contributed by atoms with van der Waals surface area (Å²) >= 11 is 9.28. The summed E-state index contributed by atoms with van der Waals surface area (Å²) in [4.78, 5) is 4.07. The van der Waals surface area contributed by atoms with Crippen LogP contribution < -0.4 is 0 Å². The Morgan fingerprint density at radius 2 is 2.33 bits per heavy atom. The molecule has 0 aliphatic heterocycles. The number of aryl methyl sites for hydroxylation is 1. The van der Waals surface area contributed by atoms with Gasteiger partial charge in [-0.3, -0.25) is 0 Å². The minimum atomic E-state index is 0.549. The van der Waals surface area contributed by atoms with Crippen molar-refractivity contribution in [2.24, 2.45) is 0 Å². The number of nitrogens with zero attached hydrogens (tertiary/aromatic N) is 3. The third-order valence-corrected chi connectivity index (χ3v) is 2.82. The third kappa shape index (κ3) is 1.03. The van der Waals surface area contributed by atoms with E-state index >= 15 is 0 Å². The maximum Gasteiger partial charge on any atom is 0.159 e. The van der Waals surface area contributed by atoms with E-state index in [9.17, 15) is 0 Å². The lowest BCUT2D eigenvalue weighted by Gasteiger charge is -2.00. The van der Waals surface area contributed by atoms with Crippen molar-refractivity contribution in [3.8, 4) is 0 Å². The summed E-state index contributed by atoms with van der Waals surface area (Å²) in [5.74, 6) is 0. The smallest absolute Gasteiger partial charge is 0.159 e. The summed E-state index contributed by atoms with van der Waals surface area (Å²) in [6, 6.07) is 1.92. The number of rotatable bonds is 0. The van der Waals surface area contributed by atoms with Gasteiger partial charge in [-0.15, -0.1) is 0 Å². The van der Waals surface area contributed by atoms with Crippen molar-refractivity contribution in [3.05, 3.63) is 27.6 Å². The summed E-state index contributed by atoms with van der Waals surface area (Å²) in [5.41, 5.74) is 1.84. The van der Waals surface area contributed by atoms with Gasteiger partial charge in [0.25, 0.3) is 0 Å². The van der Waals surface area contributed by atoms with Gasteiger partial charge in [0.15, 0.2) is 5.65 Å². The highest BCUT2D eigenvalue weighted by Gasteiger charge is 2.07. The molecular weight excluding hydrogens is 241 g/mol. The van der Waals surface area contributed by atoms with Crippen molar-refractivity contribution in [3.63, 3.8) is 0 Å². The molecule has 12 heavy (non-hydrogen) atoms. The minimum absolute atomic E-state index is 0.549. The summed E-state index contributed by atoms with van der Waals surface area (Å²) in [6.07, 6.45) is 1.49. The Hall–Kier alpha value is -0.610. The molecule has 2 heterocycles. The monoisotopic (exact) mass is 245 g/mol. The van der Waals surface area contributed by atoms with E-state index in [4.69, 9.17) is 11.6 Å². The zero-order chi connectivity index (χ0) is 8.72. The van der Waals surface area contributed by atoms with Crippen molar-refractivity contribution >= 4 is 33.2 Å². The third-order valence-electron chi connectivity index (χ3n) is 1.63. The molecule has 0 aliphatic carbocycles. The first-order valence-electron chi connectivity index (χ1n) is 3.34. The van der Waals surface area contributed by atoms with Crippen LogP contribution in [0.15, 0.2) is 16.9 Å². The van der Waals surface area contributed by atoms with Crippen LogP contribution in [0.25, 0.3) is 5.65 Å². The molecule has 62 valence electrons. The second-order valence-electron chi connectivity index (χ2n) is 2.46. The maximum atomic E-state index is 5.95. The van der Waals surface area contributed by atoms with Gasteiger partial charge in [0.05, 0.1) is 4.47 Å². The zero-order valence-electron chi connectivity index (χ0n) is 6.25. The highest BCUT2D eigenvalue weighted by Crippen LogP contribution is 2.24. The van der Waals surface area contributed by atoms with Gasteiger partial charge in [-0.1, -0.05) is 11.6 Å². The molecule has 0 spiro atoms. The molecule has 0 unspecified atom stereocenters. The number of hydrogen-bond donors (Lipinski definition) is 0. The average Bonchev–Trinajstić information content (AvgIpc) is 2.48. The molecule has 0 fully saturated rings. The Morgan fingerprint density at radius 1 is 1.58 bits per heavy atom. The highest BCUT2D eigenvalue weighted by molar-refractivity contribution is 9.10. The first-order chi connectivity index (χ1) is 5.70.